The highest BCUT2D eigenvalue weighted by Crippen LogP contribution is 2.17. The van der Waals surface area contributed by atoms with Gasteiger partial charge in [0, 0.05) is 12.6 Å². The largest absolute Gasteiger partial charge is 0.379 e. The topological polar surface area (TPSA) is 52.0 Å². The number of benzene rings is 1. The van der Waals surface area contributed by atoms with E-state index < -0.39 is 0 Å². The summed E-state index contributed by atoms with van der Waals surface area (Å²) < 4.78 is 19.8. The van der Waals surface area contributed by atoms with Gasteiger partial charge in [-0.1, -0.05) is 12.1 Å². The van der Waals surface area contributed by atoms with Crippen molar-refractivity contribution in [2.75, 3.05) is 19.8 Å². The van der Waals surface area contributed by atoms with Crippen molar-refractivity contribution in [2.24, 2.45) is 0 Å². The van der Waals surface area contributed by atoms with Gasteiger partial charge in [-0.05, 0) is 18.1 Å². The molecule has 0 bridgehead atoms. The lowest BCUT2D eigenvalue weighted by molar-refractivity contribution is 0.0767. The van der Waals surface area contributed by atoms with Crippen LogP contribution in [0.1, 0.15) is 5.56 Å². The maximum absolute atomic E-state index is 14.4. The molecule has 100 valence electrons. The van der Waals surface area contributed by atoms with Gasteiger partial charge in [0.2, 0.25) is 0 Å². The summed E-state index contributed by atoms with van der Waals surface area (Å²) in [5.74, 6) is -0.272. The average Bonchev–Trinajstić information content (AvgIpc) is 2.96. The second-order valence-corrected chi connectivity index (χ2v) is 4.50. The van der Waals surface area contributed by atoms with Crippen molar-refractivity contribution in [3.63, 3.8) is 0 Å². The Hall–Kier alpha value is -1.79. The summed E-state index contributed by atoms with van der Waals surface area (Å²) in [6.07, 6.45) is 3.66. The molecule has 1 aromatic carbocycles. The van der Waals surface area contributed by atoms with Crippen molar-refractivity contribution in [2.45, 2.75) is 12.5 Å². The zero-order chi connectivity index (χ0) is 13.1. The molecule has 2 heterocycles. The molecule has 1 atom stereocenters. The SMILES string of the molecule is Fc1c(CC2COCCN2)cccc1-n1nccn1. The van der Waals surface area contributed by atoms with Crippen LogP contribution in [0.4, 0.5) is 4.39 Å². The highest BCUT2D eigenvalue weighted by atomic mass is 19.1. The second-order valence-electron chi connectivity index (χ2n) is 4.50. The van der Waals surface area contributed by atoms with E-state index in [1.165, 1.54) is 17.2 Å². The Morgan fingerprint density at radius 2 is 2.21 bits per heavy atom. The predicted octanol–water partition coefficient (Wildman–Crippen LogP) is 0.937. The van der Waals surface area contributed by atoms with E-state index in [1.54, 1.807) is 12.1 Å². The van der Waals surface area contributed by atoms with Crippen molar-refractivity contribution in [1.82, 2.24) is 20.3 Å². The lowest BCUT2D eigenvalue weighted by Crippen LogP contribution is -2.42. The van der Waals surface area contributed by atoms with Gasteiger partial charge in [-0.15, -0.1) is 4.80 Å². The smallest absolute Gasteiger partial charge is 0.153 e. The number of nitrogens with zero attached hydrogens (tertiary/aromatic N) is 3. The van der Waals surface area contributed by atoms with E-state index >= 15 is 0 Å². The van der Waals surface area contributed by atoms with Crippen molar-refractivity contribution in [1.29, 1.82) is 0 Å². The number of aromatic nitrogens is 3. The molecule has 0 spiro atoms. The van der Waals surface area contributed by atoms with E-state index in [0.717, 1.165) is 13.2 Å². The van der Waals surface area contributed by atoms with Gasteiger partial charge in [-0.2, -0.15) is 10.2 Å². The molecule has 3 rings (SSSR count). The summed E-state index contributed by atoms with van der Waals surface area (Å²) >= 11 is 0. The Morgan fingerprint density at radius 3 is 2.95 bits per heavy atom. The first-order valence-electron chi connectivity index (χ1n) is 6.30. The van der Waals surface area contributed by atoms with Gasteiger partial charge in [0.25, 0.3) is 0 Å². The van der Waals surface area contributed by atoms with Crippen LogP contribution in [-0.4, -0.2) is 40.8 Å². The number of nitrogens with one attached hydrogen (secondary N) is 1. The van der Waals surface area contributed by atoms with Gasteiger partial charge < -0.3 is 10.1 Å². The van der Waals surface area contributed by atoms with Gasteiger partial charge in [-0.3, -0.25) is 0 Å². The van der Waals surface area contributed by atoms with Crippen molar-refractivity contribution < 1.29 is 9.13 Å². The summed E-state index contributed by atoms with van der Waals surface area (Å²) in [5.41, 5.74) is 1.03. The van der Waals surface area contributed by atoms with E-state index in [1.807, 2.05) is 6.07 Å². The summed E-state index contributed by atoms with van der Waals surface area (Å²) in [5, 5.41) is 11.2. The molecule has 5 nitrogen and oxygen atoms in total. The third kappa shape index (κ3) is 2.64. The van der Waals surface area contributed by atoms with Crippen molar-refractivity contribution in [3.8, 4) is 5.69 Å². The lowest BCUT2D eigenvalue weighted by Gasteiger charge is -2.24. The van der Waals surface area contributed by atoms with Gasteiger partial charge in [0.05, 0.1) is 25.6 Å². The Kier molecular flexibility index (Phi) is 3.52. The minimum absolute atomic E-state index is 0.157. The zero-order valence-electron chi connectivity index (χ0n) is 10.4. The first kappa shape index (κ1) is 12.3. The summed E-state index contributed by atoms with van der Waals surface area (Å²) in [6, 6.07) is 5.44. The van der Waals surface area contributed by atoms with E-state index in [2.05, 4.69) is 15.5 Å². The van der Waals surface area contributed by atoms with Crippen molar-refractivity contribution >= 4 is 0 Å². The molecule has 0 radical (unpaired) electrons. The molecule has 1 fully saturated rings. The molecular formula is C13H15FN4O. The van der Waals surface area contributed by atoms with Gasteiger partial charge in [0.15, 0.2) is 5.82 Å². The van der Waals surface area contributed by atoms with Crippen LogP contribution >= 0.6 is 0 Å². The molecule has 1 aliphatic heterocycles. The fourth-order valence-corrected chi connectivity index (χ4v) is 2.23. The van der Waals surface area contributed by atoms with Crippen LogP contribution in [0.15, 0.2) is 30.6 Å². The Labute approximate surface area is 110 Å². The Morgan fingerprint density at radius 1 is 1.37 bits per heavy atom. The number of morpholine rings is 1. The Bertz CT molecular complexity index is 538. The first-order chi connectivity index (χ1) is 9.34. The minimum atomic E-state index is -0.272. The molecule has 0 aliphatic carbocycles. The van der Waals surface area contributed by atoms with Crippen LogP contribution in [0.2, 0.25) is 0 Å². The molecule has 6 heteroatoms. The second kappa shape index (κ2) is 5.46. The van der Waals surface area contributed by atoms with Crippen LogP contribution < -0.4 is 5.32 Å². The molecule has 0 amide bonds. The molecule has 0 saturated carbocycles. The zero-order valence-corrected chi connectivity index (χ0v) is 10.4. The summed E-state index contributed by atoms with van der Waals surface area (Å²) in [7, 11) is 0. The van der Waals surface area contributed by atoms with Gasteiger partial charge in [0.1, 0.15) is 5.69 Å². The van der Waals surface area contributed by atoms with Crippen LogP contribution in [0, 0.1) is 5.82 Å². The molecule has 19 heavy (non-hydrogen) atoms. The molecule has 1 aromatic heterocycles. The van der Waals surface area contributed by atoms with E-state index in [4.69, 9.17) is 4.74 Å². The van der Waals surface area contributed by atoms with Crippen LogP contribution in [0.25, 0.3) is 5.69 Å². The number of hydrogen-bond donors (Lipinski definition) is 1. The lowest BCUT2D eigenvalue weighted by atomic mass is 10.0. The monoisotopic (exact) mass is 262 g/mol. The maximum Gasteiger partial charge on any atom is 0.153 e. The van der Waals surface area contributed by atoms with Crippen molar-refractivity contribution in [3.05, 3.63) is 42.0 Å². The third-order valence-corrected chi connectivity index (χ3v) is 3.16. The minimum Gasteiger partial charge on any atom is -0.379 e. The quantitative estimate of drug-likeness (QED) is 0.894. The number of halogens is 1. The number of rotatable bonds is 3. The van der Waals surface area contributed by atoms with Crippen LogP contribution in [-0.2, 0) is 11.2 Å². The maximum atomic E-state index is 14.4. The normalized spacial score (nSPS) is 19.5. The standard InChI is InChI=1S/C13H15FN4O/c14-13-10(8-11-9-19-7-6-15-11)2-1-3-12(13)18-16-4-5-17-18/h1-5,11,15H,6-9H2. The fraction of sp³-hybridized carbons (Fsp3) is 0.385. The predicted molar refractivity (Wildman–Crippen MR) is 67.6 cm³/mol. The molecular weight excluding hydrogens is 247 g/mol. The molecule has 1 aliphatic rings. The highest BCUT2D eigenvalue weighted by Gasteiger charge is 2.17. The average molecular weight is 262 g/mol. The highest BCUT2D eigenvalue weighted by molar-refractivity contribution is 5.36. The van der Waals surface area contributed by atoms with E-state index in [-0.39, 0.29) is 11.9 Å². The first-order valence-corrected chi connectivity index (χ1v) is 6.30. The number of ether oxygens (including phenoxy) is 1. The van der Waals surface area contributed by atoms with Gasteiger partial charge >= 0.3 is 0 Å². The van der Waals surface area contributed by atoms with E-state index in [9.17, 15) is 4.39 Å². The van der Waals surface area contributed by atoms with Crippen LogP contribution in [0.3, 0.4) is 0 Å². The molecule has 1 unspecified atom stereocenters. The van der Waals surface area contributed by atoms with E-state index in [0.29, 0.717) is 24.3 Å². The van der Waals surface area contributed by atoms with Gasteiger partial charge in [-0.25, -0.2) is 4.39 Å². The molecule has 1 saturated heterocycles. The summed E-state index contributed by atoms with van der Waals surface area (Å²) in [6.45, 7) is 2.15. The summed E-state index contributed by atoms with van der Waals surface area (Å²) in [4.78, 5) is 1.30. The third-order valence-electron chi connectivity index (χ3n) is 3.16. The number of hydrogen-bond acceptors (Lipinski definition) is 4. The molecule has 1 N–H and O–H groups in total. The fourth-order valence-electron chi connectivity index (χ4n) is 2.23. The Balaban J connectivity index is 1.84. The molecule has 2 aromatic rings. The van der Waals surface area contributed by atoms with Crippen LogP contribution in [0.5, 0.6) is 0 Å².